The normalized spacial score (nSPS) is 10.8. The zero-order valence-electron chi connectivity index (χ0n) is 14.2. The molecular formula is C23H18N2O. The zero-order valence-corrected chi connectivity index (χ0v) is 14.2. The van der Waals surface area contributed by atoms with E-state index in [-0.39, 0.29) is 11.9 Å². The SMILES string of the molecule is O=C(NC(c1ccccc1)c1ccccc1)c1ccc2ncccc2c1. The van der Waals surface area contributed by atoms with Gasteiger partial charge in [0.25, 0.3) is 5.91 Å². The maximum absolute atomic E-state index is 12.9. The highest BCUT2D eigenvalue weighted by atomic mass is 16.1. The van der Waals surface area contributed by atoms with Crippen LogP contribution in [0.4, 0.5) is 0 Å². The molecule has 1 aromatic heterocycles. The minimum absolute atomic E-state index is 0.103. The van der Waals surface area contributed by atoms with E-state index in [1.54, 1.807) is 6.20 Å². The van der Waals surface area contributed by atoms with Gasteiger partial charge in [0.15, 0.2) is 0 Å². The molecule has 0 unspecified atom stereocenters. The van der Waals surface area contributed by atoms with Gasteiger partial charge < -0.3 is 5.32 Å². The number of benzene rings is 3. The number of pyridine rings is 1. The van der Waals surface area contributed by atoms with Crippen LogP contribution in [-0.4, -0.2) is 10.9 Å². The monoisotopic (exact) mass is 338 g/mol. The fraction of sp³-hybridized carbons (Fsp3) is 0.0435. The van der Waals surface area contributed by atoms with Crippen molar-refractivity contribution in [1.82, 2.24) is 10.3 Å². The topological polar surface area (TPSA) is 42.0 Å². The van der Waals surface area contributed by atoms with E-state index in [0.29, 0.717) is 5.56 Å². The predicted molar refractivity (Wildman–Crippen MR) is 104 cm³/mol. The van der Waals surface area contributed by atoms with Crippen molar-refractivity contribution >= 4 is 16.8 Å². The second-order valence-electron chi connectivity index (χ2n) is 6.14. The Hall–Kier alpha value is -3.46. The minimum Gasteiger partial charge on any atom is -0.341 e. The lowest BCUT2D eigenvalue weighted by Gasteiger charge is -2.20. The Morgan fingerprint density at radius 1 is 0.769 bits per heavy atom. The molecule has 0 fully saturated rings. The summed E-state index contributed by atoms with van der Waals surface area (Å²) in [6.45, 7) is 0. The van der Waals surface area contributed by atoms with Crippen molar-refractivity contribution in [2.75, 3.05) is 0 Å². The first-order valence-corrected chi connectivity index (χ1v) is 8.57. The van der Waals surface area contributed by atoms with Gasteiger partial charge in [-0.15, -0.1) is 0 Å². The highest BCUT2D eigenvalue weighted by molar-refractivity contribution is 5.98. The maximum atomic E-state index is 12.9. The summed E-state index contributed by atoms with van der Waals surface area (Å²) in [4.78, 5) is 17.2. The smallest absolute Gasteiger partial charge is 0.252 e. The number of hydrogen-bond acceptors (Lipinski definition) is 2. The van der Waals surface area contributed by atoms with Crippen LogP contribution in [0.3, 0.4) is 0 Å². The lowest BCUT2D eigenvalue weighted by Crippen LogP contribution is -2.29. The molecule has 3 heteroatoms. The van der Waals surface area contributed by atoms with E-state index >= 15 is 0 Å². The first kappa shape index (κ1) is 16.0. The van der Waals surface area contributed by atoms with Crippen LogP contribution in [0.1, 0.15) is 27.5 Å². The van der Waals surface area contributed by atoms with Gasteiger partial charge in [-0.25, -0.2) is 0 Å². The summed E-state index contributed by atoms with van der Waals surface area (Å²) >= 11 is 0. The second kappa shape index (κ2) is 7.19. The molecule has 3 nitrogen and oxygen atoms in total. The molecule has 0 aliphatic carbocycles. The van der Waals surface area contributed by atoms with Gasteiger partial charge >= 0.3 is 0 Å². The molecule has 0 aliphatic rings. The van der Waals surface area contributed by atoms with Crippen LogP contribution in [0, 0.1) is 0 Å². The molecule has 1 N–H and O–H groups in total. The largest absolute Gasteiger partial charge is 0.341 e. The fourth-order valence-electron chi connectivity index (χ4n) is 3.08. The van der Waals surface area contributed by atoms with Gasteiger partial charge in [-0.2, -0.15) is 0 Å². The number of hydrogen-bond donors (Lipinski definition) is 1. The molecule has 0 bridgehead atoms. The summed E-state index contributed by atoms with van der Waals surface area (Å²) in [5.74, 6) is -0.103. The van der Waals surface area contributed by atoms with E-state index < -0.39 is 0 Å². The minimum atomic E-state index is -0.200. The third kappa shape index (κ3) is 3.33. The van der Waals surface area contributed by atoms with Crippen LogP contribution in [0.25, 0.3) is 10.9 Å². The average Bonchev–Trinajstić information content (AvgIpc) is 2.72. The number of amides is 1. The highest BCUT2D eigenvalue weighted by Crippen LogP contribution is 2.23. The van der Waals surface area contributed by atoms with E-state index in [1.807, 2.05) is 91.0 Å². The Bertz CT molecular complexity index is 990. The van der Waals surface area contributed by atoms with Crippen molar-refractivity contribution in [1.29, 1.82) is 0 Å². The molecule has 0 atom stereocenters. The van der Waals surface area contributed by atoms with Crippen molar-refractivity contribution in [3.05, 3.63) is 114 Å². The van der Waals surface area contributed by atoms with E-state index in [0.717, 1.165) is 22.0 Å². The molecule has 0 aliphatic heterocycles. The Morgan fingerprint density at radius 2 is 1.42 bits per heavy atom. The molecule has 126 valence electrons. The summed E-state index contributed by atoms with van der Waals surface area (Å²) in [6.07, 6.45) is 1.75. The van der Waals surface area contributed by atoms with Gasteiger partial charge in [0.2, 0.25) is 0 Å². The van der Waals surface area contributed by atoms with Gasteiger partial charge in [0, 0.05) is 17.1 Å². The standard InChI is InChI=1S/C23H18N2O/c26-23(20-13-14-21-19(16-20)12-7-15-24-21)25-22(17-8-3-1-4-9-17)18-10-5-2-6-11-18/h1-16,22H,(H,25,26). The van der Waals surface area contributed by atoms with Crippen molar-refractivity contribution in [2.45, 2.75) is 6.04 Å². The fourth-order valence-corrected chi connectivity index (χ4v) is 3.08. The Kier molecular flexibility index (Phi) is 4.44. The zero-order chi connectivity index (χ0) is 17.8. The molecule has 1 amide bonds. The van der Waals surface area contributed by atoms with Crippen molar-refractivity contribution in [3.63, 3.8) is 0 Å². The summed E-state index contributed by atoms with van der Waals surface area (Å²) < 4.78 is 0. The number of nitrogens with zero attached hydrogens (tertiary/aromatic N) is 1. The number of carbonyl (C=O) groups is 1. The van der Waals surface area contributed by atoms with Gasteiger partial charge in [-0.1, -0.05) is 66.7 Å². The van der Waals surface area contributed by atoms with E-state index in [9.17, 15) is 4.79 Å². The Morgan fingerprint density at radius 3 is 2.08 bits per heavy atom. The molecule has 4 aromatic rings. The third-order valence-electron chi connectivity index (χ3n) is 4.41. The molecule has 26 heavy (non-hydrogen) atoms. The molecule has 0 saturated carbocycles. The van der Waals surface area contributed by atoms with Gasteiger partial charge in [-0.3, -0.25) is 9.78 Å². The molecule has 0 spiro atoms. The summed E-state index contributed by atoms with van der Waals surface area (Å²) in [5.41, 5.74) is 3.61. The van der Waals surface area contributed by atoms with Gasteiger partial charge in [-0.05, 0) is 35.4 Å². The number of fused-ring (bicyclic) bond motifs is 1. The van der Waals surface area contributed by atoms with Crippen LogP contribution in [-0.2, 0) is 0 Å². The highest BCUT2D eigenvalue weighted by Gasteiger charge is 2.17. The first-order chi connectivity index (χ1) is 12.8. The number of carbonyl (C=O) groups excluding carboxylic acids is 1. The van der Waals surface area contributed by atoms with Crippen molar-refractivity contribution < 1.29 is 4.79 Å². The maximum Gasteiger partial charge on any atom is 0.252 e. The van der Waals surface area contributed by atoms with Crippen LogP contribution in [0.2, 0.25) is 0 Å². The Balaban J connectivity index is 1.67. The average molecular weight is 338 g/mol. The Labute approximate surface area is 152 Å². The summed E-state index contributed by atoms with van der Waals surface area (Å²) in [7, 11) is 0. The van der Waals surface area contributed by atoms with Gasteiger partial charge in [0.1, 0.15) is 0 Å². The molecule has 1 heterocycles. The number of rotatable bonds is 4. The predicted octanol–water partition coefficient (Wildman–Crippen LogP) is 4.75. The van der Waals surface area contributed by atoms with Crippen LogP contribution < -0.4 is 5.32 Å². The summed E-state index contributed by atoms with van der Waals surface area (Å²) in [6, 6.07) is 29.2. The van der Waals surface area contributed by atoms with Crippen LogP contribution in [0.15, 0.2) is 97.2 Å². The quantitative estimate of drug-likeness (QED) is 0.583. The molecule has 3 aromatic carbocycles. The third-order valence-corrected chi connectivity index (χ3v) is 4.41. The van der Waals surface area contributed by atoms with Crippen LogP contribution in [0.5, 0.6) is 0 Å². The van der Waals surface area contributed by atoms with E-state index in [2.05, 4.69) is 10.3 Å². The lowest BCUT2D eigenvalue weighted by atomic mass is 9.98. The van der Waals surface area contributed by atoms with Crippen molar-refractivity contribution in [3.8, 4) is 0 Å². The van der Waals surface area contributed by atoms with E-state index in [1.165, 1.54) is 0 Å². The van der Waals surface area contributed by atoms with Crippen molar-refractivity contribution in [2.24, 2.45) is 0 Å². The van der Waals surface area contributed by atoms with Gasteiger partial charge in [0.05, 0.1) is 11.6 Å². The number of aromatic nitrogens is 1. The molecular weight excluding hydrogens is 320 g/mol. The van der Waals surface area contributed by atoms with Crippen LogP contribution >= 0.6 is 0 Å². The molecule has 4 rings (SSSR count). The molecule has 0 radical (unpaired) electrons. The lowest BCUT2D eigenvalue weighted by molar-refractivity contribution is 0.0943. The first-order valence-electron chi connectivity index (χ1n) is 8.57. The molecule has 0 saturated heterocycles. The second-order valence-corrected chi connectivity index (χ2v) is 6.14. The summed E-state index contributed by atoms with van der Waals surface area (Å²) in [5, 5.41) is 4.13. The van der Waals surface area contributed by atoms with E-state index in [4.69, 9.17) is 0 Å². The number of nitrogens with one attached hydrogen (secondary N) is 1.